The van der Waals surface area contributed by atoms with Crippen molar-refractivity contribution in [3.05, 3.63) is 63.7 Å². The molecule has 0 heterocycles. The van der Waals surface area contributed by atoms with E-state index in [0.717, 1.165) is 18.2 Å². The Hall–Kier alpha value is -2.01. The van der Waals surface area contributed by atoms with Crippen LogP contribution in [0.1, 0.15) is 29.2 Å². The minimum absolute atomic E-state index is 0.0995. The third kappa shape index (κ3) is 4.98. The van der Waals surface area contributed by atoms with Gasteiger partial charge in [0.25, 0.3) is 0 Å². The molecule has 2 aromatic rings. The molecule has 0 aromatic heterocycles. The number of halogens is 4. The first-order valence-electron chi connectivity index (χ1n) is 7.91. The summed E-state index contributed by atoms with van der Waals surface area (Å²) in [5.41, 5.74) is 1.65. The van der Waals surface area contributed by atoms with Crippen LogP contribution in [0.4, 0.5) is 18.9 Å². The summed E-state index contributed by atoms with van der Waals surface area (Å²) >= 11 is 6.41. The lowest BCUT2D eigenvalue weighted by molar-refractivity contribution is -0.138. The predicted octanol–water partition coefficient (Wildman–Crippen LogP) is 5.87. The van der Waals surface area contributed by atoms with E-state index in [0.29, 0.717) is 16.3 Å². The van der Waals surface area contributed by atoms with Gasteiger partial charge in [0.2, 0.25) is 0 Å². The summed E-state index contributed by atoms with van der Waals surface area (Å²) in [6.07, 6.45) is -2.63. The maximum atomic E-state index is 13.2. The molecule has 6 heteroatoms. The molecule has 0 bridgehead atoms. The molecule has 0 radical (unpaired) electrons. The molecule has 0 fully saturated rings. The maximum absolute atomic E-state index is 13.2. The minimum Gasteiger partial charge on any atom is -0.366 e. The molecule has 0 spiro atoms. The Morgan fingerprint density at radius 1 is 1.16 bits per heavy atom. The van der Waals surface area contributed by atoms with E-state index >= 15 is 0 Å². The monoisotopic (exact) mass is 368 g/mol. The Balaban J connectivity index is 2.42. The number of aryl methyl sites for hydroxylation is 1. The molecule has 134 valence electrons. The topological polar surface area (TPSA) is 15.6 Å². The van der Waals surface area contributed by atoms with E-state index < -0.39 is 11.7 Å². The second-order valence-electron chi connectivity index (χ2n) is 5.91. The van der Waals surface area contributed by atoms with Gasteiger partial charge in [-0.2, -0.15) is 13.2 Å². The first kappa shape index (κ1) is 19.3. The van der Waals surface area contributed by atoms with E-state index in [1.54, 1.807) is 18.5 Å². The molecule has 2 rings (SSSR count). The normalized spacial score (nSPS) is 12.0. The lowest BCUT2D eigenvalue weighted by Gasteiger charge is -2.15. The van der Waals surface area contributed by atoms with Crippen LogP contribution < -0.4 is 0 Å². The van der Waals surface area contributed by atoms with Crippen LogP contribution in [-0.2, 0) is 12.6 Å². The van der Waals surface area contributed by atoms with Crippen molar-refractivity contribution in [2.45, 2.75) is 26.4 Å². The van der Waals surface area contributed by atoms with Crippen molar-refractivity contribution < 1.29 is 13.2 Å². The van der Waals surface area contributed by atoms with E-state index in [4.69, 9.17) is 11.6 Å². The Labute approximate surface area is 150 Å². The van der Waals surface area contributed by atoms with Crippen molar-refractivity contribution in [2.75, 3.05) is 13.6 Å². The van der Waals surface area contributed by atoms with Crippen LogP contribution >= 0.6 is 11.6 Å². The van der Waals surface area contributed by atoms with Crippen molar-refractivity contribution in [1.29, 1.82) is 0 Å². The molecule has 0 saturated heterocycles. The highest BCUT2D eigenvalue weighted by Gasteiger charge is 2.32. The fourth-order valence-corrected chi connectivity index (χ4v) is 2.67. The van der Waals surface area contributed by atoms with Crippen LogP contribution in [0, 0.1) is 6.92 Å². The van der Waals surface area contributed by atoms with Gasteiger partial charge in [-0.05, 0) is 49.1 Å². The number of hydrogen-bond acceptors (Lipinski definition) is 1. The van der Waals surface area contributed by atoms with Crippen LogP contribution in [-0.4, -0.2) is 24.8 Å². The molecule has 2 nitrogen and oxygen atoms in total. The van der Waals surface area contributed by atoms with E-state index in [9.17, 15) is 13.2 Å². The average Bonchev–Trinajstić information content (AvgIpc) is 2.55. The SMILES string of the molecule is CCN(C)C=Nc1cc(C)cc(Cc2ccccc2C(F)(F)F)c1Cl. The minimum atomic E-state index is -4.39. The molecule has 25 heavy (non-hydrogen) atoms. The fourth-order valence-electron chi connectivity index (χ4n) is 2.44. The third-order valence-electron chi connectivity index (χ3n) is 3.87. The van der Waals surface area contributed by atoms with Gasteiger partial charge < -0.3 is 4.90 Å². The molecule has 0 aliphatic carbocycles. The zero-order valence-electron chi connectivity index (χ0n) is 14.4. The van der Waals surface area contributed by atoms with Crippen LogP contribution in [0.5, 0.6) is 0 Å². The second-order valence-corrected chi connectivity index (χ2v) is 6.28. The number of rotatable bonds is 5. The quantitative estimate of drug-likeness (QED) is 0.476. The summed E-state index contributed by atoms with van der Waals surface area (Å²) in [5.74, 6) is 0. The summed E-state index contributed by atoms with van der Waals surface area (Å²) in [4.78, 5) is 6.24. The van der Waals surface area contributed by atoms with Gasteiger partial charge in [0, 0.05) is 13.6 Å². The Morgan fingerprint density at radius 3 is 2.48 bits per heavy atom. The van der Waals surface area contributed by atoms with Gasteiger partial charge in [0.05, 0.1) is 22.6 Å². The smallest absolute Gasteiger partial charge is 0.366 e. The Kier molecular flexibility index (Phi) is 6.11. The van der Waals surface area contributed by atoms with E-state index in [2.05, 4.69) is 4.99 Å². The van der Waals surface area contributed by atoms with Crippen LogP contribution in [0.3, 0.4) is 0 Å². The van der Waals surface area contributed by atoms with Crippen LogP contribution in [0.15, 0.2) is 41.4 Å². The number of aliphatic imine (C=N–C) groups is 1. The van der Waals surface area contributed by atoms with E-state index in [1.165, 1.54) is 12.1 Å². The highest BCUT2D eigenvalue weighted by atomic mass is 35.5. The summed E-state index contributed by atoms with van der Waals surface area (Å²) in [5, 5.41) is 0.378. The second kappa shape index (κ2) is 7.91. The number of alkyl halides is 3. The average molecular weight is 369 g/mol. The van der Waals surface area contributed by atoms with Crippen molar-refractivity contribution in [3.8, 4) is 0 Å². The van der Waals surface area contributed by atoms with Crippen molar-refractivity contribution >= 4 is 23.6 Å². The number of nitrogens with zero attached hydrogens (tertiary/aromatic N) is 2. The largest absolute Gasteiger partial charge is 0.416 e. The summed E-state index contributed by atoms with van der Waals surface area (Å²) < 4.78 is 39.6. The molecule has 0 N–H and O–H groups in total. The zero-order chi connectivity index (χ0) is 18.6. The zero-order valence-corrected chi connectivity index (χ0v) is 15.1. The van der Waals surface area contributed by atoms with Crippen molar-refractivity contribution in [3.63, 3.8) is 0 Å². The van der Waals surface area contributed by atoms with Gasteiger partial charge >= 0.3 is 6.18 Å². The molecular weight excluding hydrogens is 349 g/mol. The molecule has 0 aliphatic heterocycles. The van der Waals surface area contributed by atoms with Crippen molar-refractivity contribution in [1.82, 2.24) is 4.90 Å². The highest BCUT2D eigenvalue weighted by Crippen LogP contribution is 2.36. The molecule has 0 atom stereocenters. The molecule has 0 unspecified atom stereocenters. The fraction of sp³-hybridized carbons (Fsp3) is 0.316. The Bertz CT molecular complexity index is 770. The van der Waals surface area contributed by atoms with Crippen molar-refractivity contribution in [2.24, 2.45) is 4.99 Å². The van der Waals surface area contributed by atoms with Gasteiger partial charge in [-0.15, -0.1) is 0 Å². The number of hydrogen-bond donors (Lipinski definition) is 0. The maximum Gasteiger partial charge on any atom is 0.416 e. The molecular formula is C19H20ClF3N2. The van der Waals surface area contributed by atoms with Gasteiger partial charge in [-0.3, -0.25) is 0 Å². The van der Waals surface area contributed by atoms with E-state index in [1.807, 2.05) is 31.9 Å². The first-order chi connectivity index (χ1) is 11.7. The van der Waals surface area contributed by atoms with Gasteiger partial charge in [0.1, 0.15) is 0 Å². The standard InChI is InChI=1S/C19H20ClF3N2/c1-4-25(3)12-24-17-10-13(2)9-15(18(17)20)11-14-7-5-6-8-16(14)19(21,22)23/h5-10,12H,4,11H2,1-3H3. The molecule has 0 aliphatic rings. The van der Waals surface area contributed by atoms with Gasteiger partial charge in [0.15, 0.2) is 0 Å². The summed E-state index contributed by atoms with van der Waals surface area (Å²) in [6, 6.07) is 9.19. The summed E-state index contributed by atoms with van der Waals surface area (Å²) in [6.45, 7) is 4.65. The lowest BCUT2D eigenvalue weighted by Crippen LogP contribution is -2.14. The van der Waals surface area contributed by atoms with Gasteiger partial charge in [-0.1, -0.05) is 35.9 Å². The van der Waals surface area contributed by atoms with Crippen LogP contribution in [0.25, 0.3) is 0 Å². The third-order valence-corrected chi connectivity index (χ3v) is 4.31. The predicted molar refractivity (Wildman–Crippen MR) is 96.9 cm³/mol. The lowest BCUT2D eigenvalue weighted by atomic mass is 9.98. The molecule has 2 aromatic carbocycles. The van der Waals surface area contributed by atoms with Gasteiger partial charge in [-0.25, -0.2) is 4.99 Å². The molecule has 0 saturated carbocycles. The molecule has 0 amide bonds. The van der Waals surface area contributed by atoms with E-state index in [-0.39, 0.29) is 12.0 Å². The highest BCUT2D eigenvalue weighted by molar-refractivity contribution is 6.33. The Morgan fingerprint density at radius 2 is 1.84 bits per heavy atom. The van der Waals surface area contributed by atoms with Crippen LogP contribution in [0.2, 0.25) is 5.02 Å². The first-order valence-corrected chi connectivity index (χ1v) is 8.28. The number of benzene rings is 2. The summed E-state index contributed by atoms with van der Waals surface area (Å²) in [7, 11) is 1.88.